The monoisotopic (exact) mass is 523 g/mol. The van der Waals surface area contributed by atoms with Gasteiger partial charge in [0.05, 0.1) is 16.1 Å². The highest BCUT2D eigenvalue weighted by Gasteiger charge is 2.14. The number of nitrogens with two attached hydrogens (primary N) is 1. The summed E-state index contributed by atoms with van der Waals surface area (Å²) in [5, 5.41) is 0. The predicted molar refractivity (Wildman–Crippen MR) is 156 cm³/mol. The molecule has 2 heterocycles. The van der Waals surface area contributed by atoms with Crippen LogP contribution in [0.4, 0.5) is 0 Å². The number of carbonyl (C=O) groups excluding carboxylic acids is 1. The summed E-state index contributed by atoms with van der Waals surface area (Å²) in [5.74, 6) is 1.04. The number of rotatable bonds is 7. The summed E-state index contributed by atoms with van der Waals surface area (Å²) in [6, 6.07) is 18.4. The Hall–Kier alpha value is -3.20. The van der Waals surface area contributed by atoms with Crippen LogP contribution in [0.15, 0.2) is 59.5 Å². The van der Waals surface area contributed by atoms with Gasteiger partial charge in [0.15, 0.2) is 0 Å². The molecule has 0 aliphatic rings. The molecule has 0 aliphatic heterocycles. The van der Waals surface area contributed by atoms with Crippen molar-refractivity contribution in [1.29, 1.82) is 0 Å². The Labute approximate surface area is 224 Å². The molecule has 4 aromatic rings. The molecule has 0 spiro atoms. The van der Waals surface area contributed by atoms with Crippen LogP contribution in [0, 0.1) is 20.8 Å². The number of nitrogens with zero attached hydrogens (tertiary/aromatic N) is 3. The van der Waals surface area contributed by atoms with Crippen molar-refractivity contribution in [3.05, 3.63) is 82.9 Å². The second-order valence-corrected chi connectivity index (χ2v) is 9.12. The molecule has 2 aromatic heterocycles. The van der Waals surface area contributed by atoms with Crippen molar-refractivity contribution >= 4 is 28.8 Å². The van der Waals surface area contributed by atoms with Gasteiger partial charge in [-0.1, -0.05) is 50.6 Å². The van der Waals surface area contributed by atoms with Gasteiger partial charge in [-0.05, 0) is 70.1 Å². The van der Waals surface area contributed by atoms with Crippen LogP contribution in [0.1, 0.15) is 49.1 Å². The number of benzene rings is 2. The number of hydrogen-bond acceptors (Lipinski definition) is 5. The highest BCUT2D eigenvalue weighted by atomic mass is 32.2. The molecule has 1 atom stereocenters. The van der Waals surface area contributed by atoms with Gasteiger partial charge in [-0.15, -0.1) is 0 Å². The fourth-order valence-corrected chi connectivity index (χ4v) is 4.64. The Morgan fingerprint density at radius 2 is 1.54 bits per heavy atom. The topological polar surface area (TPSA) is 103 Å². The van der Waals surface area contributed by atoms with Crippen molar-refractivity contribution < 1.29 is 9.00 Å². The van der Waals surface area contributed by atoms with Crippen LogP contribution >= 0.6 is 0 Å². The van der Waals surface area contributed by atoms with Crippen LogP contribution in [0.5, 0.6) is 0 Å². The van der Waals surface area contributed by atoms with Crippen molar-refractivity contribution in [2.45, 2.75) is 59.3 Å². The molecule has 37 heavy (non-hydrogen) atoms. The fraction of sp³-hybridized carbons (Fsp3) is 0.345. The van der Waals surface area contributed by atoms with Crippen LogP contribution in [0.2, 0.25) is 0 Å². The summed E-state index contributed by atoms with van der Waals surface area (Å²) in [4.78, 5) is 18.2. The molecule has 2 aromatic carbocycles. The Balaban J connectivity index is 0.00000106. The van der Waals surface area contributed by atoms with Gasteiger partial charge >= 0.3 is 0 Å². The molecule has 200 valence electrons. The maximum absolute atomic E-state index is 12.4. The SMILES string of the molecule is C=O.CC.CCc1nc2c(C)nc(C)cc2n1-c1ccc(CCNS(=O)c2ccc(C)cc2)cc1.CN. The Morgan fingerprint density at radius 3 is 2.11 bits per heavy atom. The lowest BCUT2D eigenvalue weighted by molar-refractivity contribution is -0.0980. The molecule has 4 rings (SSSR count). The molecule has 8 heteroatoms. The quantitative estimate of drug-likeness (QED) is 0.347. The first kappa shape index (κ1) is 31.8. The van der Waals surface area contributed by atoms with Crippen LogP contribution in [-0.4, -0.2) is 39.1 Å². The van der Waals surface area contributed by atoms with Crippen molar-refractivity contribution in [3.8, 4) is 5.69 Å². The molecule has 3 N–H and O–H groups in total. The Bertz CT molecular complexity index is 1250. The number of aromatic nitrogens is 3. The summed E-state index contributed by atoms with van der Waals surface area (Å²) in [5.41, 5.74) is 12.0. The van der Waals surface area contributed by atoms with Gasteiger partial charge in [0.25, 0.3) is 0 Å². The van der Waals surface area contributed by atoms with Crippen LogP contribution < -0.4 is 10.5 Å². The highest BCUT2D eigenvalue weighted by molar-refractivity contribution is 7.83. The van der Waals surface area contributed by atoms with E-state index in [4.69, 9.17) is 9.78 Å². The zero-order valence-corrected chi connectivity index (χ0v) is 24.0. The average molecular weight is 524 g/mol. The van der Waals surface area contributed by atoms with Crippen LogP contribution in [0.3, 0.4) is 0 Å². The number of fused-ring (bicyclic) bond motifs is 1. The second-order valence-electron chi connectivity index (χ2n) is 7.83. The van der Waals surface area contributed by atoms with E-state index >= 15 is 0 Å². The van der Waals surface area contributed by atoms with Crippen LogP contribution in [-0.2, 0) is 28.6 Å². The van der Waals surface area contributed by atoms with E-state index in [0.29, 0.717) is 6.54 Å². The molecule has 0 amide bonds. The van der Waals surface area contributed by atoms with E-state index < -0.39 is 11.0 Å². The first-order valence-corrected chi connectivity index (χ1v) is 13.6. The third-order valence-electron chi connectivity index (χ3n) is 5.41. The molecule has 1 unspecified atom stereocenters. The summed E-state index contributed by atoms with van der Waals surface area (Å²) >= 11 is 0. The van der Waals surface area contributed by atoms with E-state index in [-0.39, 0.29) is 0 Å². The molecular weight excluding hydrogens is 482 g/mol. The van der Waals surface area contributed by atoms with Gasteiger partial charge in [0.1, 0.15) is 29.1 Å². The summed E-state index contributed by atoms with van der Waals surface area (Å²) in [6.45, 7) is 14.8. The Kier molecular flexibility index (Phi) is 14.2. The summed E-state index contributed by atoms with van der Waals surface area (Å²) < 4.78 is 17.7. The number of hydrogen-bond donors (Lipinski definition) is 2. The van der Waals surface area contributed by atoms with E-state index in [1.165, 1.54) is 18.2 Å². The third-order valence-corrected chi connectivity index (χ3v) is 6.57. The van der Waals surface area contributed by atoms with Gasteiger partial charge in [0, 0.05) is 24.3 Å². The van der Waals surface area contributed by atoms with Crippen molar-refractivity contribution in [2.24, 2.45) is 5.73 Å². The molecule has 0 aliphatic carbocycles. The van der Waals surface area contributed by atoms with E-state index in [2.05, 4.69) is 57.3 Å². The molecule has 0 saturated heterocycles. The number of imidazole rings is 1. The minimum Gasteiger partial charge on any atom is -0.333 e. The molecular formula is C29H41N5O2S. The number of aryl methyl sites for hydroxylation is 4. The maximum Gasteiger partial charge on any atom is 0.124 e. The van der Waals surface area contributed by atoms with E-state index in [0.717, 1.165) is 51.7 Å². The first-order chi connectivity index (χ1) is 18.0. The standard InChI is InChI=1S/C25H28N4OS.C2H6.CH5N.CH2O/c1-5-24-28-25-19(4)27-18(3)16-23(25)29(24)21-10-8-20(9-11-21)14-15-26-31(30)22-12-6-17(2)7-13-22;3*1-2/h6-13,16,26H,5,14-15H2,1-4H3;1-2H3;2H2,1H3;1H2. The summed E-state index contributed by atoms with van der Waals surface area (Å²) in [6.07, 6.45) is 1.66. The largest absolute Gasteiger partial charge is 0.333 e. The van der Waals surface area contributed by atoms with Crippen LogP contribution in [0.25, 0.3) is 16.7 Å². The van der Waals surface area contributed by atoms with E-state index in [9.17, 15) is 4.21 Å². The van der Waals surface area contributed by atoms with Crippen molar-refractivity contribution in [2.75, 3.05) is 13.6 Å². The lowest BCUT2D eigenvalue weighted by Gasteiger charge is -2.10. The lowest BCUT2D eigenvalue weighted by atomic mass is 10.1. The van der Waals surface area contributed by atoms with Gasteiger partial charge in [-0.25, -0.2) is 13.9 Å². The maximum atomic E-state index is 12.4. The van der Waals surface area contributed by atoms with Crippen molar-refractivity contribution in [1.82, 2.24) is 19.3 Å². The minimum absolute atomic E-state index is 0.651. The first-order valence-electron chi connectivity index (χ1n) is 12.5. The number of nitrogens with one attached hydrogen (secondary N) is 1. The number of pyridine rings is 1. The lowest BCUT2D eigenvalue weighted by Crippen LogP contribution is -2.20. The second kappa shape index (κ2) is 16.5. The third kappa shape index (κ3) is 8.42. The smallest absolute Gasteiger partial charge is 0.124 e. The molecule has 0 bridgehead atoms. The van der Waals surface area contributed by atoms with Gasteiger partial charge < -0.3 is 10.5 Å². The fourth-order valence-electron chi connectivity index (χ4n) is 3.80. The predicted octanol–water partition coefficient (Wildman–Crippen LogP) is 5.18. The zero-order valence-electron chi connectivity index (χ0n) is 23.2. The van der Waals surface area contributed by atoms with E-state index in [1.54, 1.807) is 0 Å². The summed E-state index contributed by atoms with van der Waals surface area (Å²) in [7, 11) is 0.313. The Morgan fingerprint density at radius 1 is 0.946 bits per heavy atom. The van der Waals surface area contributed by atoms with Gasteiger partial charge in [-0.2, -0.15) is 0 Å². The minimum atomic E-state index is -1.19. The highest BCUT2D eigenvalue weighted by Crippen LogP contribution is 2.24. The van der Waals surface area contributed by atoms with E-state index in [1.807, 2.05) is 65.7 Å². The van der Waals surface area contributed by atoms with Gasteiger partial charge in [-0.3, -0.25) is 9.55 Å². The average Bonchev–Trinajstić information content (AvgIpc) is 3.31. The molecule has 0 fully saturated rings. The molecule has 0 saturated carbocycles. The van der Waals surface area contributed by atoms with Crippen molar-refractivity contribution in [3.63, 3.8) is 0 Å². The van der Waals surface area contributed by atoms with Gasteiger partial charge in [0.2, 0.25) is 0 Å². The normalized spacial score (nSPS) is 10.8. The molecule has 7 nitrogen and oxygen atoms in total. The number of carbonyl (C=O) groups is 1. The molecule has 0 radical (unpaired) electrons. The zero-order chi connectivity index (χ0) is 28.0.